The van der Waals surface area contributed by atoms with E-state index in [9.17, 15) is 14.0 Å². The highest BCUT2D eigenvalue weighted by Gasteiger charge is 2.33. The predicted molar refractivity (Wildman–Crippen MR) is 63.8 cm³/mol. The summed E-state index contributed by atoms with van der Waals surface area (Å²) in [6.45, 7) is 1.77. The zero-order chi connectivity index (χ0) is 12.6. The number of amides is 2. The maximum absolute atomic E-state index is 13.1. The van der Waals surface area contributed by atoms with Gasteiger partial charge in [-0.2, -0.15) is 0 Å². The number of hydrogen-bond acceptors (Lipinski definition) is 2. The lowest BCUT2D eigenvalue weighted by Gasteiger charge is -2.27. The molecule has 2 rings (SSSR count). The highest BCUT2D eigenvalue weighted by molar-refractivity contribution is 9.10. The number of piperidine rings is 1. The Bertz CT molecular complexity index is 489. The molecule has 2 amide bonds. The summed E-state index contributed by atoms with van der Waals surface area (Å²) in [7, 11) is 0. The molecule has 0 spiro atoms. The lowest BCUT2D eigenvalue weighted by Crippen LogP contribution is -2.43. The average molecular weight is 300 g/mol. The Morgan fingerprint density at radius 1 is 1.41 bits per heavy atom. The Hall–Kier alpha value is -1.23. The third-order valence-corrected chi connectivity index (χ3v) is 3.66. The van der Waals surface area contributed by atoms with Gasteiger partial charge in [0.15, 0.2) is 0 Å². The summed E-state index contributed by atoms with van der Waals surface area (Å²) >= 11 is 3.10. The molecule has 1 saturated heterocycles. The number of carbonyl (C=O) groups excluding carboxylic acids is 2. The highest BCUT2D eigenvalue weighted by Crippen LogP contribution is 2.33. The second-order valence-corrected chi connectivity index (χ2v) is 5.04. The first-order valence-electron chi connectivity index (χ1n) is 5.27. The van der Waals surface area contributed by atoms with E-state index in [0.717, 1.165) is 5.56 Å². The molecule has 0 saturated carbocycles. The van der Waals surface area contributed by atoms with Crippen molar-refractivity contribution in [3.8, 4) is 0 Å². The van der Waals surface area contributed by atoms with Crippen LogP contribution in [0.15, 0.2) is 22.7 Å². The number of benzene rings is 1. The van der Waals surface area contributed by atoms with Gasteiger partial charge in [-0.05, 0) is 33.6 Å². The van der Waals surface area contributed by atoms with Crippen molar-refractivity contribution in [2.75, 3.05) is 0 Å². The van der Waals surface area contributed by atoms with Crippen molar-refractivity contribution in [1.82, 2.24) is 5.32 Å². The first kappa shape index (κ1) is 12.2. The zero-order valence-electron chi connectivity index (χ0n) is 9.17. The van der Waals surface area contributed by atoms with Gasteiger partial charge in [-0.3, -0.25) is 14.9 Å². The van der Waals surface area contributed by atoms with Crippen molar-refractivity contribution in [3.05, 3.63) is 34.1 Å². The van der Waals surface area contributed by atoms with E-state index in [1.165, 1.54) is 6.07 Å². The van der Waals surface area contributed by atoms with Gasteiger partial charge in [0.25, 0.3) is 0 Å². The maximum atomic E-state index is 13.1. The van der Waals surface area contributed by atoms with Gasteiger partial charge in [0.05, 0.1) is 4.47 Å². The molecule has 1 aromatic rings. The van der Waals surface area contributed by atoms with Gasteiger partial charge in [-0.25, -0.2) is 4.39 Å². The van der Waals surface area contributed by atoms with Crippen LogP contribution >= 0.6 is 15.9 Å². The number of hydrogen-bond donors (Lipinski definition) is 1. The van der Waals surface area contributed by atoms with Gasteiger partial charge in [-0.1, -0.05) is 13.0 Å². The van der Waals surface area contributed by atoms with E-state index in [2.05, 4.69) is 21.2 Å². The van der Waals surface area contributed by atoms with Crippen LogP contribution in [0, 0.1) is 11.7 Å². The van der Waals surface area contributed by atoms with Crippen LogP contribution < -0.4 is 5.32 Å². The molecule has 2 unspecified atom stereocenters. The van der Waals surface area contributed by atoms with Crippen molar-refractivity contribution >= 4 is 27.7 Å². The number of nitrogens with one attached hydrogen (secondary N) is 1. The molecule has 17 heavy (non-hydrogen) atoms. The average Bonchev–Trinajstić information content (AvgIpc) is 2.27. The molecule has 0 radical (unpaired) electrons. The van der Waals surface area contributed by atoms with Crippen LogP contribution in [0.25, 0.3) is 0 Å². The maximum Gasteiger partial charge on any atom is 0.230 e. The number of carbonyl (C=O) groups is 2. The fraction of sp³-hybridized carbons (Fsp3) is 0.333. The molecule has 0 aliphatic carbocycles. The Morgan fingerprint density at radius 2 is 2.12 bits per heavy atom. The Kier molecular flexibility index (Phi) is 3.28. The first-order chi connectivity index (χ1) is 7.99. The summed E-state index contributed by atoms with van der Waals surface area (Å²) < 4.78 is 13.5. The van der Waals surface area contributed by atoms with Crippen LogP contribution in [-0.2, 0) is 9.59 Å². The fourth-order valence-electron chi connectivity index (χ4n) is 2.01. The van der Waals surface area contributed by atoms with Crippen LogP contribution in [0.4, 0.5) is 4.39 Å². The molecule has 2 atom stereocenters. The Balaban J connectivity index is 2.34. The van der Waals surface area contributed by atoms with Crippen LogP contribution in [0.1, 0.15) is 24.8 Å². The van der Waals surface area contributed by atoms with E-state index >= 15 is 0 Å². The summed E-state index contributed by atoms with van der Waals surface area (Å²) in [4.78, 5) is 22.9. The van der Waals surface area contributed by atoms with Crippen LogP contribution in [0.5, 0.6) is 0 Å². The summed E-state index contributed by atoms with van der Waals surface area (Å²) in [5, 5.41) is 2.29. The molecular formula is C12H11BrFNO2. The van der Waals surface area contributed by atoms with E-state index < -0.39 is 0 Å². The number of imide groups is 1. The lowest BCUT2D eigenvalue weighted by molar-refractivity contribution is -0.136. The molecule has 3 nitrogen and oxygen atoms in total. The normalized spacial score (nSPS) is 24.6. The van der Waals surface area contributed by atoms with Crippen LogP contribution in [-0.4, -0.2) is 11.8 Å². The molecule has 1 heterocycles. The van der Waals surface area contributed by atoms with Crippen LogP contribution in [0.2, 0.25) is 0 Å². The van der Waals surface area contributed by atoms with Gasteiger partial charge < -0.3 is 0 Å². The summed E-state index contributed by atoms with van der Waals surface area (Å²) in [5.41, 5.74) is 0.800. The van der Waals surface area contributed by atoms with Crippen molar-refractivity contribution in [3.63, 3.8) is 0 Å². The Labute approximate surface area is 107 Å². The van der Waals surface area contributed by atoms with E-state index in [1.54, 1.807) is 19.1 Å². The summed E-state index contributed by atoms with van der Waals surface area (Å²) in [6, 6.07) is 4.58. The second-order valence-electron chi connectivity index (χ2n) is 4.19. The molecule has 1 aromatic carbocycles. The van der Waals surface area contributed by atoms with Crippen molar-refractivity contribution in [2.45, 2.75) is 19.3 Å². The molecular weight excluding hydrogens is 289 g/mol. The van der Waals surface area contributed by atoms with Gasteiger partial charge in [-0.15, -0.1) is 0 Å². The van der Waals surface area contributed by atoms with Gasteiger partial charge >= 0.3 is 0 Å². The quantitative estimate of drug-likeness (QED) is 0.809. The SMILES string of the molecule is CC1C(=O)NC(=O)CC1c1ccc(F)c(Br)c1. The minimum absolute atomic E-state index is 0.187. The minimum Gasteiger partial charge on any atom is -0.296 e. The molecule has 1 aliphatic rings. The second kappa shape index (κ2) is 4.56. The van der Waals surface area contributed by atoms with Crippen molar-refractivity contribution < 1.29 is 14.0 Å². The monoisotopic (exact) mass is 299 g/mol. The fourth-order valence-corrected chi connectivity index (χ4v) is 2.41. The number of rotatable bonds is 1. The van der Waals surface area contributed by atoms with Gasteiger partial charge in [0, 0.05) is 18.3 Å². The lowest BCUT2D eigenvalue weighted by atomic mass is 9.81. The molecule has 5 heteroatoms. The van der Waals surface area contributed by atoms with Crippen molar-refractivity contribution in [2.24, 2.45) is 5.92 Å². The zero-order valence-corrected chi connectivity index (χ0v) is 10.8. The molecule has 1 aliphatic heterocycles. The molecule has 0 bridgehead atoms. The summed E-state index contributed by atoms with van der Waals surface area (Å²) in [6.07, 6.45) is 0.255. The van der Waals surface area contributed by atoms with Crippen LogP contribution in [0.3, 0.4) is 0 Å². The topological polar surface area (TPSA) is 46.2 Å². The summed E-state index contributed by atoms with van der Waals surface area (Å²) in [5.74, 6) is -1.38. The molecule has 1 N–H and O–H groups in total. The van der Waals surface area contributed by atoms with E-state index in [0.29, 0.717) is 4.47 Å². The molecule has 0 aromatic heterocycles. The molecule has 1 fully saturated rings. The molecule has 90 valence electrons. The van der Waals surface area contributed by atoms with E-state index in [4.69, 9.17) is 0 Å². The Morgan fingerprint density at radius 3 is 2.76 bits per heavy atom. The predicted octanol–water partition coefficient (Wildman–Crippen LogP) is 2.35. The first-order valence-corrected chi connectivity index (χ1v) is 6.07. The van der Waals surface area contributed by atoms with E-state index in [-0.39, 0.29) is 35.9 Å². The minimum atomic E-state index is -0.354. The number of halogens is 2. The smallest absolute Gasteiger partial charge is 0.230 e. The third kappa shape index (κ3) is 2.39. The highest BCUT2D eigenvalue weighted by atomic mass is 79.9. The van der Waals surface area contributed by atoms with Gasteiger partial charge in [0.2, 0.25) is 11.8 Å². The van der Waals surface area contributed by atoms with E-state index in [1.807, 2.05) is 0 Å². The third-order valence-electron chi connectivity index (χ3n) is 3.06. The van der Waals surface area contributed by atoms with Gasteiger partial charge in [0.1, 0.15) is 5.82 Å². The van der Waals surface area contributed by atoms with Crippen molar-refractivity contribution in [1.29, 1.82) is 0 Å². The largest absolute Gasteiger partial charge is 0.296 e. The standard InChI is InChI=1S/C12H11BrFNO2/c1-6-8(5-11(16)15-12(6)17)7-2-3-10(14)9(13)4-7/h2-4,6,8H,5H2,1H3,(H,15,16,17).